The van der Waals surface area contributed by atoms with Crippen LogP contribution in [0.5, 0.6) is 0 Å². The van der Waals surface area contributed by atoms with Crippen LogP contribution in [0.4, 0.5) is 5.69 Å². The molecule has 94 valence electrons. The number of carbonyl (C=O) groups is 1. The maximum atomic E-state index is 12.1. The van der Waals surface area contributed by atoms with Gasteiger partial charge in [-0.15, -0.1) is 0 Å². The molecule has 2 rings (SSSR count). The summed E-state index contributed by atoms with van der Waals surface area (Å²) in [6, 6.07) is 7.63. The third-order valence-corrected chi connectivity index (χ3v) is 3.14. The summed E-state index contributed by atoms with van der Waals surface area (Å²) in [6.07, 6.45) is 0. The standard InChI is InChI=1S/C15H17NO2/c1-9-6-5-7-14(11(9)3)16-15(17)13-8-10(2)18-12(13)4/h5-8H,1-4H3,(H,16,17). The molecule has 1 aromatic carbocycles. The highest BCUT2D eigenvalue weighted by Gasteiger charge is 2.14. The Labute approximate surface area is 107 Å². The highest BCUT2D eigenvalue weighted by atomic mass is 16.3. The van der Waals surface area contributed by atoms with E-state index >= 15 is 0 Å². The Morgan fingerprint density at radius 2 is 1.89 bits per heavy atom. The average molecular weight is 243 g/mol. The van der Waals surface area contributed by atoms with Crippen LogP contribution < -0.4 is 5.32 Å². The lowest BCUT2D eigenvalue weighted by Crippen LogP contribution is -2.13. The van der Waals surface area contributed by atoms with E-state index in [9.17, 15) is 4.79 Å². The molecule has 0 saturated heterocycles. The van der Waals surface area contributed by atoms with E-state index < -0.39 is 0 Å². The maximum Gasteiger partial charge on any atom is 0.259 e. The van der Waals surface area contributed by atoms with Crippen molar-refractivity contribution in [3.8, 4) is 0 Å². The van der Waals surface area contributed by atoms with Crippen molar-refractivity contribution in [1.29, 1.82) is 0 Å². The van der Waals surface area contributed by atoms with Gasteiger partial charge < -0.3 is 9.73 Å². The van der Waals surface area contributed by atoms with E-state index in [1.165, 1.54) is 0 Å². The Hall–Kier alpha value is -2.03. The number of furan rings is 1. The molecule has 0 saturated carbocycles. The molecule has 2 aromatic rings. The predicted molar refractivity (Wildman–Crippen MR) is 72.1 cm³/mol. The van der Waals surface area contributed by atoms with Crippen LogP contribution in [0.1, 0.15) is 33.0 Å². The summed E-state index contributed by atoms with van der Waals surface area (Å²) < 4.78 is 5.37. The maximum absolute atomic E-state index is 12.1. The molecule has 0 aliphatic rings. The molecule has 3 nitrogen and oxygen atoms in total. The average Bonchev–Trinajstić information content (AvgIpc) is 2.64. The zero-order valence-corrected chi connectivity index (χ0v) is 11.1. The minimum absolute atomic E-state index is 0.127. The normalized spacial score (nSPS) is 10.4. The Morgan fingerprint density at radius 3 is 2.50 bits per heavy atom. The number of nitrogens with one attached hydrogen (secondary N) is 1. The highest BCUT2D eigenvalue weighted by molar-refractivity contribution is 6.05. The summed E-state index contributed by atoms with van der Waals surface area (Å²) >= 11 is 0. The van der Waals surface area contributed by atoms with Crippen LogP contribution in [0.3, 0.4) is 0 Å². The number of amides is 1. The Morgan fingerprint density at radius 1 is 1.17 bits per heavy atom. The van der Waals surface area contributed by atoms with Crippen molar-refractivity contribution in [1.82, 2.24) is 0 Å². The van der Waals surface area contributed by atoms with Gasteiger partial charge in [0.25, 0.3) is 5.91 Å². The zero-order chi connectivity index (χ0) is 13.3. The van der Waals surface area contributed by atoms with Crippen LogP contribution in [0.15, 0.2) is 28.7 Å². The topological polar surface area (TPSA) is 42.2 Å². The molecule has 3 heteroatoms. The molecule has 0 fully saturated rings. The van der Waals surface area contributed by atoms with Crippen molar-refractivity contribution in [2.75, 3.05) is 5.32 Å². The molecule has 18 heavy (non-hydrogen) atoms. The molecule has 0 aliphatic heterocycles. The third-order valence-electron chi connectivity index (χ3n) is 3.14. The van der Waals surface area contributed by atoms with Crippen molar-refractivity contribution in [3.63, 3.8) is 0 Å². The summed E-state index contributed by atoms with van der Waals surface area (Å²) in [5.74, 6) is 1.27. The summed E-state index contributed by atoms with van der Waals surface area (Å²) in [6.45, 7) is 7.66. The summed E-state index contributed by atoms with van der Waals surface area (Å²) in [5, 5.41) is 2.92. The number of hydrogen-bond acceptors (Lipinski definition) is 2. The Bertz CT molecular complexity index is 597. The highest BCUT2D eigenvalue weighted by Crippen LogP contribution is 2.20. The van der Waals surface area contributed by atoms with Crippen LogP contribution in [0.2, 0.25) is 0 Å². The molecule has 1 heterocycles. The van der Waals surface area contributed by atoms with Crippen molar-refractivity contribution < 1.29 is 9.21 Å². The van der Waals surface area contributed by atoms with E-state index in [2.05, 4.69) is 5.32 Å². The van der Waals surface area contributed by atoms with Crippen molar-refractivity contribution in [2.24, 2.45) is 0 Å². The number of anilines is 1. The molecular weight excluding hydrogens is 226 g/mol. The second-order valence-electron chi connectivity index (χ2n) is 4.53. The van der Waals surface area contributed by atoms with E-state index in [1.54, 1.807) is 13.0 Å². The molecular formula is C15H17NO2. The first-order valence-electron chi connectivity index (χ1n) is 5.93. The smallest absolute Gasteiger partial charge is 0.259 e. The fourth-order valence-electron chi connectivity index (χ4n) is 1.93. The molecule has 1 N–H and O–H groups in total. The minimum Gasteiger partial charge on any atom is -0.466 e. The SMILES string of the molecule is Cc1cc(C(=O)Nc2cccc(C)c2C)c(C)o1. The first kappa shape index (κ1) is 12.4. The van der Waals surface area contributed by atoms with E-state index in [0.29, 0.717) is 11.3 Å². The van der Waals surface area contributed by atoms with Gasteiger partial charge in [0.15, 0.2) is 0 Å². The Balaban J connectivity index is 2.27. The number of aryl methyl sites for hydroxylation is 3. The summed E-state index contributed by atoms with van der Waals surface area (Å²) in [7, 11) is 0. The van der Waals surface area contributed by atoms with Crippen molar-refractivity contribution >= 4 is 11.6 Å². The van der Waals surface area contributed by atoms with E-state index in [-0.39, 0.29) is 5.91 Å². The lowest BCUT2D eigenvalue weighted by atomic mass is 10.1. The van der Waals surface area contributed by atoms with E-state index in [4.69, 9.17) is 4.42 Å². The minimum atomic E-state index is -0.127. The number of carbonyl (C=O) groups excluding carboxylic acids is 1. The quantitative estimate of drug-likeness (QED) is 0.872. The first-order valence-corrected chi connectivity index (χ1v) is 5.93. The second-order valence-corrected chi connectivity index (χ2v) is 4.53. The third kappa shape index (κ3) is 2.30. The van der Waals surface area contributed by atoms with Gasteiger partial charge in [0.05, 0.1) is 5.56 Å². The second kappa shape index (κ2) is 4.69. The van der Waals surface area contributed by atoms with Crippen LogP contribution in [0, 0.1) is 27.7 Å². The molecule has 0 bridgehead atoms. The molecule has 0 radical (unpaired) electrons. The van der Waals surface area contributed by atoms with E-state index in [1.807, 2.05) is 39.0 Å². The number of hydrogen-bond donors (Lipinski definition) is 1. The molecule has 1 amide bonds. The van der Waals surface area contributed by atoms with Gasteiger partial charge in [-0.05, 0) is 51.0 Å². The van der Waals surface area contributed by atoms with Gasteiger partial charge >= 0.3 is 0 Å². The number of benzene rings is 1. The molecule has 0 unspecified atom stereocenters. The first-order chi connectivity index (χ1) is 8.49. The van der Waals surface area contributed by atoms with Gasteiger partial charge in [-0.2, -0.15) is 0 Å². The van der Waals surface area contributed by atoms with Gasteiger partial charge in [-0.25, -0.2) is 0 Å². The monoisotopic (exact) mass is 243 g/mol. The van der Waals surface area contributed by atoms with E-state index in [0.717, 1.165) is 22.6 Å². The van der Waals surface area contributed by atoms with Gasteiger partial charge in [0, 0.05) is 5.69 Å². The van der Waals surface area contributed by atoms with Crippen molar-refractivity contribution in [2.45, 2.75) is 27.7 Å². The van der Waals surface area contributed by atoms with Gasteiger partial charge in [0.2, 0.25) is 0 Å². The number of rotatable bonds is 2. The summed E-state index contributed by atoms with van der Waals surface area (Å²) in [4.78, 5) is 12.1. The van der Waals surface area contributed by atoms with Gasteiger partial charge in [-0.3, -0.25) is 4.79 Å². The van der Waals surface area contributed by atoms with Crippen LogP contribution in [0.25, 0.3) is 0 Å². The van der Waals surface area contributed by atoms with Gasteiger partial charge in [-0.1, -0.05) is 12.1 Å². The zero-order valence-electron chi connectivity index (χ0n) is 11.1. The predicted octanol–water partition coefficient (Wildman–Crippen LogP) is 3.77. The van der Waals surface area contributed by atoms with Crippen LogP contribution in [-0.2, 0) is 0 Å². The fraction of sp³-hybridized carbons (Fsp3) is 0.267. The fourth-order valence-corrected chi connectivity index (χ4v) is 1.93. The van der Waals surface area contributed by atoms with Crippen molar-refractivity contribution in [3.05, 3.63) is 52.5 Å². The van der Waals surface area contributed by atoms with Crippen LogP contribution in [-0.4, -0.2) is 5.91 Å². The molecule has 0 atom stereocenters. The molecule has 0 spiro atoms. The summed E-state index contributed by atoms with van der Waals surface area (Å²) in [5.41, 5.74) is 3.68. The lowest BCUT2D eigenvalue weighted by Gasteiger charge is -2.09. The molecule has 0 aliphatic carbocycles. The Kier molecular flexibility index (Phi) is 3.24. The van der Waals surface area contributed by atoms with Crippen LogP contribution >= 0.6 is 0 Å². The van der Waals surface area contributed by atoms with Gasteiger partial charge in [0.1, 0.15) is 11.5 Å². The lowest BCUT2D eigenvalue weighted by molar-refractivity contribution is 0.102. The molecule has 1 aromatic heterocycles. The largest absolute Gasteiger partial charge is 0.466 e.